The van der Waals surface area contributed by atoms with Gasteiger partial charge in [-0.05, 0) is 38.0 Å². The van der Waals surface area contributed by atoms with Crippen molar-refractivity contribution in [2.75, 3.05) is 6.61 Å². The van der Waals surface area contributed by atoms with Crippen LogP contribution in [-0.4, -0.2) is 32.4 Å². The Morgan fingerprint density at radius 2 is 2.05 bits per heavy atom. The highest BCUT2D eigenvalue weighted by molar-refractivity contribution is 7.89. The standard InChI is InChI=1S/C13H16N2O5S/c1-2-20-12(17)13(6-7-13)15-21(18,19)10-5-3-4-9(8-10)11(14)16/h3-5,8,15H,2,6-7H2,1H3,(H2,14,16). The van der Waals surface area contributed by atoms with Gasteiger partial charge in [0.2, 0.25) is 15.9 Å². The van der Waals surface area contributed by atoms with Gasteiger partial charge in [-0.2, -0.15) is 4.72 Å². The fourth-order valence-electron chi connectivity index (χ4n) is 1.87. The minimum absolute atomic E-state index is 0.0823. The molecule has 1 saturated carbocycles. The molecule has 1 aliphatic carbocycles. The monoisotopic (exact) mass is 312 g/mol. The lowest BCUT2D eigenvalue weighted by Crippen LogP contribution is -2.44. The van der Waals surface area contributed by atoms with Crippen molar-refractivity contribution >= 4 is 21.9 Å². The fourth-order valence-corrected chi connectivity index (χ4v) is 3.33. The number of carbonyl (C=O) groups excluding carboxylic acids is 2. The van der Waals surface area contributed by atoms with E-state index < -0.39 is 27.4 Å². The summed E-state index contributed by atoms with van der Waals surface area (Å²) in [5, 5.41) is 0. The number of rotatable bonds is 6. The number of benzene rings is 1. The first-order chi connectivity index (χ1) is 9.81. The van der Waals surface area contributed by atoms with E-state index in [1.165, 1.54) is 24.3 Å². The lowest BCUT2D eigenvalue weighted by Gasteiger charge is -2.16. The average Bonchev–Trinajstić information content (AvgIpc) is 3.19. The molecule has 1 aromatic carbocycles. The largest absolute Gasteiger partial charge is 0.465 e. The van der Waals surface area contributed by atoms with Gasteiger partial charge in [0.1, 0.15) is 5.54 Å². The topological polar surface area (TPSA) is 116 Å². The van der Waals surface area contributed by atoms with Crippen molar-refractivity contribution in [2.24, 2.45) is 5.73 Å². The summed E-state index contributed by atoms with van der Waals surface area (Å²) in [6, 6.07) is 5.33. The molecule has 1 aromatic rings. The number of esters is 1. The van der Waals surface area contributed by atoms with Crippen molar-refractivity contribution in [1.82, 2.24) is 4.72 Å². The zero-order chi connectivity index (χ0) is 15.7. The molecule has 0 atom stereocenters. The van der Waals surface area contributed by atoms with Crippen molar-refractivity contribution in [3.05, 3.63) is 29.8 Å². The van der Waals surface area contributed by atoms with Gasteiger partial charge in [-0.1, -0.05) is 6.07 Å². The molecule has 1 aliphatic rings. The minimum Gasteiger partial charge on any atom is -0.465 e. The normalized spacial score (nSPS) is 16.2. The summed E-state index contributed by atoms with van der Waals surface area (Å²) in [4.78, 5) is 22.8. The zero-order valence-corrected chi connectivity index (χ0v) is 12.3. The molecule has 2 rings (SSSR count). The van der Waals surface area contributed by atoms with Gasteiger partial charge in [0.05, 0.1) is 11.5 Å². The Morgan fingerprint density at radius 1 is 1.38 bits per heavy atom. The highest BCUT2D eigenvalue weighted by Crippen LogP contribution is 2.38. The van der Waals surface area contributed by atoms with E-state index in [9.17, 15) is 18.0 Å². The molecule has 0 heterocycles. The Morgan fingerprint density at radius 3 is 2.57 bits per heavy atom. The molecule has 3 N–H and O–H groups in total. The highest BCUT2D eigenvalue weighted by Gasteiger charge is 2.54. The quantitative estimate of drug-likeness (QED) is 0.726. The summed E-state index contributed by atoms with van der Waals surface area (Å²) in [6.07, 6.45) is 0.779. The molecule has 0 unspecified atom stereocenters. The maximum absolute atomic E-state index is 12.3. The second-order valence-electron chi connectivity index (χ2n) is 4.80. The van der Waals surface area contributed by atoms with Crippen LogP contribution >= 0.6 is 0 Å². The Bertz CT molecular complexity index is 680. The van der Waals surface area contributed by atoms with Gasteiger partial charge in [-0.15, -0.1) is 0 Å². The van der Waals surface area contributed by atoms with Gasteiger partial charge in [0.25, 0.3) is 0 Å². The minimum atomic E-state index is -3.93. The zero-order valence-electron chi connectivity index (χ0n) is 11.5. The van der Waals surface area contributed by atoms with Crippen LogP contribution in [0.25, 0.3) is 0 Å². The first kappa shape index (κ1) is 15.5. The van der Waals surface area contributed by atoms with Crippen LogP contribution in [0.15, 0.2) is 29.2 Å². The van der Waals surface area contributed by atoms with Gasteiger partial charge in [-0.25, -0.2) is 8.42 Å². The van der Waals surface area contributed by atoms with Crippen molar-refractivity contribution in [2.45, 2.75) is 30.2 Å². The maximum atomic E-state index is 12.3. The van der Waals surface area contributed by atoms with Crippen molar-refractivity contribution in [3.8, 4) is 0 Å². The third-order valence-electron chi connectivity index (χ3n) is 3.17. The van der Waals surface area contributed by atoms with Gasteiger partial charge in [0, 0.05) is 5.56 Å². The molecule has 0 aromatic heterocycles. The highest BCUT2D eigenvalue weighted by atomic mass is 32.2. The maximum Gasteiger partial charge on any atom is 0.327 e. The number of nitrogens with one attached hydrogen (secondary N) is 1. The van der Waals surface area contributed by atoms with E-state index >= 15 is 0 Å². The summed E-state index contributed by atoms with van der Waals surface area (Å²) in [5.74, 6) is -1.31. The van der Waals surface area contributed by atoms with Crippen molar-refractivity contribution < 1.29 is 22.7 Å². The first-order valence-electron chi connectivity index (χ1n) is 6.42. The first-order valence-corrected chi connectivity index (χ1v) is 7.90. The molecule has 114 valence electrons. The Hall–Kier alpha value is -1.93. The van der Waals surface area contributed by atoms with Gasteiger partial charge < -0.3 is 10.5 Å². The molecule has 0 bridgehead atoms. The third-order valence-corrected chi connectivity index (χ3v) is 4.71. The molecule has 1 fully saturated rings. The summed E-state index contributed by atoms with van der Waals surface area (Å²) in [5.41, 5.74) is 4.02. The predicted molar refractivity (Wildman–Crippen MR) is 73.9 cm³/mol. The van der Waals surface area contributed by atoms with Gasteiger partial charge >= 0.3 is 5.97 Å². The molecule has 0 aliphatic heterocycles. The number of ether oxygens (including phenoxy) is 1. The predicted octanol–water partition coefficient (Wildman–Crippen LogP) is 0.160. The van der Waals surface area contributed by atoms with Crippen LogP contribution in [0, 0.1) is 0 Å². The molecule has 21 heavy (non-hydrogen) atoms. The molecule has 1 amide bonds. The van der Waals surface area contributed by atoms with Crippen LogP contribution in [0.2, 0.25) is 0 Å². The van der Waals surface area contributed by atoms with E-state index in [-0.39, 0.29) is 17.1 Å². The van der Waals surface area contributed by atoms with E-state index in [0.717, 1.165) is 0 Å². The van der Waals surface area contributed by atoms with Gasteiger partial charge in [0.15, 0.2) is 0 Å². The molecule has 0 saturated heterocycles. The lowest BCUT2D eigenvalue weighted by atomic mass is 10.2. The molecule has 7 nitrogen and oxygen atoms in total. The number of amides is 1. The number of primary amides is 1. The number of carbonyl (C=O) groups is 2. The Labute approximate surface area is 122 Å². The third kappa shape index (κ3) is 3.22. The summed E-state index contributed by atoms with van der Waals surface area (Å²) in [7, 11) is -3.93. The number of nitrogens with two attached hydrogens (primary N) is 1. The second kappa shape index (κ2) is 5.45. The molecule has 8 heteroatoms. The van der Waals surface area contributed by atoms with Crippen molar-refractivity contribution in [1.29, 1.82) is 0 Å². The van der Waals surface area contributed by atoms with E-state index in [2.05, 4.69) is 4.72 Å². The van der Waals surface area contributed by atoms with Crippen LogP contribution in [0.4, 0.5) is 0 Å². The number of hydrogen-bond acceptors (Lipinski definition) is 5. The molecule has 0 radical (unpaired) electrons. The SMILES string of the molecule is CCOC(=O)C1(NS(=O)(=O)c2cccc(C(N)=O)c2)CC1. The Balaban J connectivity index is 2.25. The van der Waals surface area contributed by atoms with E-state index in [4.69, 9.17) is 10.5 Å². The number of sulfonamides is 1. The average molecular weight is 312 g/mol. The van der Waals surface area contributed by atoms with E-state index in [1.807, 2.05) is 0 Å². The number of hydrogen-bond donors (Lipinski definition) is 2. The summed E-state index contributed by atoms with van der Waals surface area (Å²) >= 11 is 0. The van der Waals surface area contributed by atoms with Crippen LogP contribution < -0.4 is 10.5 Å². The van der Waals surface area contributed by atoms with Crippen LogP contribution in [0.5, 0.6) is 0 Å². The van der Waals surface area contributed by atoms with Crippen LogP contribution in [-0.2, 0) is 19.6 Å². The summed E-state index contributed by atoms with van der Waals surface area (Å²) < 4.78 is 31.8. The smallest absolute Gasteiger partial charge is 0.327 e. The van der Waals surface area contributed by atoms with E-state index in [0.29, 0.717) is 12.8 Å². The van der Waals surface area contributed by atoms with Crippen LogP contribution in [0.1, 0.15) is 30.1 Å². The van der Waals surface area contributed by atoms with Crippen molar-refractivity contribution in [3.63, 3.8) is 0 Å². The molecular weight excluding hydrogens is 296 g/mol. The molecular formula is C13H16N2O5S. The van der Waals surface area contributed by atoms with E-state index in [1.54, 1.807) is 6.92 Å². The lowest BCUT2D eigenvalue weighted by molar-refractivity contribution is -0.146. The van der Waals surface area contributed by atoms with Gasteiger partial charge in [-0.3, -0.25) is 9.59 Å². The van der Waals surface area contributed by atoms with Crippen LogP contribution in [0.3, 0.4) is 0 Å². The second-order valence-corrected chi connectivity index (χ2v) is 6.48. The summed E-state index contributed by atoms with van der Waals surface area (Å²) in [6.45, 7) is 1.83. The molecule has 0 spiro atoms. The fraction of sp³-hybridized carbons (Fsp3) is 0.385. The Kier molecular flexibility index (Phi) is 4.02.